The molecule has 2 aliphatic heterocycles. The van der Waals surface area contributed by atoms with Gasteiger partial charge in [-0.1, -0.05) is 6.42 Å². The molecule has 0 spiro atoms. The SMILES string of the molecule is O=C(c1cc2c(s1)CCCCC2)N1CCC[C@H](Nc2ccc3c(c2)OCCO3)C1. The van der Waals surface area contributed by atoms with E-state index in [9.17, 15) is 4.79 Å². The first-order chi connectivity index (χ1) is 14.3. The Morgan fingerprint density at radius 3 is 2.83 bits per heavy atom. The smallest absolute Gasteiger partial charge is 0.264 e. The van der Waals surface area contributed by atoms with Crippen molar-refractivity contribution in [2.24, 2.45) is 0 Å². The zero-order chi connectivity index (χ0) is 19.6. The molecule has 3 heterocycles. The molecule has 1 aromatic carbocycles. The van der Waals surface area contributed by atoms with Crippen molar-refractivity contribution in [3.05, 3.63) is 39.6 Å². The first kappa shape index (κ1) is 18.8. The number of nitrogens with one attached hydrogen (secondary N) is 1. The Morgan fingerprint density at radius 1 is 1.03 bits per heavy atom. The number of anilines is 1. The molecule has 1 amide bonds. The molecule has 0 bridgehead atoms. The maximum absolute atomic E-state index is 13.2. The number of carbonyl (C=O) groups excluding carboxylic acids is 1. The fourth-order valence-corrected chi connectivity index (χ4v) is 5.80. The Bertz CT molecular complexity index is 871. The van der Waals surface area contributed by atoms with Gasteiger partial charge in [-0.15, -0.1) is 11.3 Å². The highest BCUT2D eigenvalue weighted by molar-refractivity contribution is 7.14. The first-order valence-corrected chi connectivity index (χ1v) is 11.6. The van der Waals surface area contributed by atoms with E-state index in [1.807, 2.05) is 23.1 Å². The lowest BCUT2D eigenvalue weighted by Gasteiger charge is -2.33. The van der Waals surface area contributed by atoms with Crippen LogP contribution in [0.5, 0.6) is 11.5 Å². The van der Waals surface area contributed by atoms with Crippen molar-refractivity contribution >= 4 is 22.9 Å². The van der Waals surface area contributed by atoms with Gasteiger partial charge < -0.3 is 19.7 Å². The molecule has 6 heteroatoms. The molecule has 1 aliphatic carbocycles. The number of fused-ring (bicyclic) bond motifs is 2. The normalized spacial score (nSPS) is 21.2. The van der Waals surface area contributed by atoms with Gasteiger partial charge in [0.05, 0.1) is 4.88 Å². The van der Waals surface area contributed by atoms with Crippen molar-refractivity contribution in [3.63, 3.8) is 0 Å². The van der Waals surface area contributed by atoms with E-state index in [1.165, 1.54) is 29.7 Å². The zero-order valence-electron chi connectivity index (χ0n) is 16.7. The second-order valence-electron chi connectivity index (χ2n) is 8.21. The Kier molecular flexibility index (Phi) is 5.36. The van der Waals surface area contributed by atoms with E-state index in [-0.39, 0.29) is 11.9 Å². The topological polar surface area (TPSA) is 50.8 Å². The minimum absolute atomic E-state index is 0.205. The van der Waals surface area contributed by atoms with Gasteiger partial charge in [-0.2, -0.15) is 0 Å². The van der Waals surface area contributed by atoms with Gasteiger partial charge in [0.25, 0.3) is 5.91 Å². The van der Waals surface area contributed by atoms with Crippen molar-refractivity contribution in [1.29, 1.82) is 0 Å². The number of thiophene rings is 1. The molecule has 5 nitrogen and oxygen atoms in total. The van der Waals surface area contributed by atoms with Gasteiger partial charge in [-0.3, -0.25) is 4.79 Å². The predicted molar refractivity (Wildman–Crippen MR) is 116 cm³/mol. The van der Waals surface area contributed by atoms with E-state index in [2.05, 4.69) is 11.4 Å². The predicted octanol–water partition coefficient (Wildman–Crippen LogP) is 4.50. The van der Waals surface area contributed by atoms with Crippen LogP contribution in [-0.2, 0) is 12.8 Å². The molecule has 0 radical (unpaired) electrons. The summed E-state index contributed by atoms with van der Waals surface area (Å²) in [6.07, 6.45) is 8.19. The summed E-state index contributed by atoms with van der Waals surface area (Å²) in [7, 11) is 0. The largest absolute Gasteiger partial charge is 0.486 e. The van der Waals surface area contributed by atoms with Gasteiger partial charge in [0.2, 0.25) is 0 Å². The summed E-state index contributed by atoms with van der Waals surface area (Å²) >= 11 is 1.73. The average Bonchev–Trinajstić information content (AvgIpc) is 3.03. The van der Waals surface area contributed by atoms with Gasteiger partial charge in [0.1, 0.15) is 13.2 Å². The van der Waals surface area contributed by atoms with Gasteiger partial charge in [-0.05, 0) is 62.3 Å². The first-order valence-electron chi connectivity index (χ1n) is 10.8. The third kappa shape index (κ3) is 4.08. The molecule has 5 rings (SSSR count). The summed E-state index contributed by atoms with van der Waals surface area (Å²) < 4.78 is 11.3. The van der Waals surface area contributed by atoms with Crippen LogP contribution in [0.4, 0.5) is 5.69 Å². The number of likely N-dealkylation sites (tertiary alicyclic amines) is 1. The number of carbonyl (C=O) groups is 1. The Hall–Kier alpha value is -2.21. The number of rotatable bonds is 3. The number of piperidine rings is 1. The van der Waals surface area contributed by atoms with E-state index in [0.717, 1.165) is 60.8 Å². The third-order valence-corrected chi connectivity index (χ3v) is 7.30. The summed E-state index contributed by atoms with van der Waals surface area (Å²) in [4.78, 5) is 17.6. The highest BCUT2D eigenvalue weighted by Gasteiger charge is 2.27. The second-order valence-corrected chi connectivity index (χ2v) is 9.35. The standard InChI is InChI=1S/C23H28N2O3S/c26-23(22-13-16-5-2-1-3-7-21(16)29-22)25-10-4-6-18(15-25)24-17-8-9-19-20(14-17)28-12-11-27-19/h8-9,13-14,18,24H,1-7,10-12,15H2/t18-/m0/s1. The van der Waals surface area contributed by atoms with Crippen LogP contribution in [0.15, 0.2) is 24.3 Å². The van der Waals surface area contributed by atoms with Crippen molar-refractivity contribution in [2.75, 3.05) is 31.6 Å². The zero-order valence-corrected chi connectivity index (χ0v) is 17.6. The second kappa shape index (κ2) is 8.27. The van der Waals surface area contributed by atoms with E-state index in [0.29, 0.717) is 13.2 Å². The molecule has 1 N–H and O–H groups in total. The van der Waals surface area contributed by atoms with Crippen LogP contribution in [0, 0.1) is 0 Å². The number of benzene rings is 1. The number of aryl methyl sites for hydroxylation is 2. The minimum Gasteiger partial charge on any atom is -0.486 e. The molecule has 0 saturated carbocycles. The quantitative estimate of drug-likeness (QED) is 0.754. The summed E-state index contributed by atoms with van der Waals surface area (Å²) in [5.41, 5.74) is 2.44. The lowest BCUT2D eigenvalue weighted by molar-refractivity contribution is 0.0719. The highest BCUT2D eigenvalue weighted by atomic mass is 32.1. The fraction of sp³-hybridized carbons (Fsp3) is 0.522. The Balaban J connectivity index is 1.25. The van der Waals surface area contributed by atoms with Gasteiger partial charge in [0, 0.05) is 35.8 Å². The number of hydrogen-bond acceptors (Lipinski definition) is 5. The molecule has 3 aliphatic rings. The summed E-state index contributed by atoms with van der Waals surface area (Å²) in [6, 6.07) is 8.43. The number of nitrogens with zero attached hydrogens (tertiary/aromatic N) is 1. The average molecular weight is 413 g/mol. The van der Waals surface area contributed by atoms with Crippen LogP contribution >= 0.6 is 11.3 Å². The lowest BCUT2D eigenvalue weighted by Crippen LogP contribution is -2.45. The summed E-state index contributed by atoms with van der Waals surface area (Å²) in [5, 5.41) is 3.60. The molecule has 1 atom stereocenters. The maximum Gasteiger partial charge on any atom is 0.264 e. The third-order valence-electron chi connectivity index (χ3n) is 6.08. The number of hydrogen-bond donors (Lipinski definition) is 1. The van der Waals surface area contributed by atoms with Crippen LogP contribution in [0.25, 0.3) is 0 Å². The van der Waals surface area contributed by atoms with Crippen molar-refractivity contribution in [1.82, 2.24) is 4.90 Å². The van der Waals surface area contributed by atoms with Crippen LogP contribution in [-0.4, -0.2) is 43.2 Å². The van der Waals surface area contributed by atoms with E-state index < -0.39 is 0 Å². The van der Waals surface area contributed by atoms with E-state index >= 15 is 0 Å². The van der Waals surface area contributed by atoms with Crippen LogP contribution in [0.2, 0.25) is 0 Å². The molecular formula is C23H28N2O3S. The van der Waals surface area contributed by atoms with Crippen LogP contribution in [0.3, 0.4) is 0 Å². The summed E-state index contributed by atoms with van der Waals surface area (Å²) in [5.74, 6) is 1.81. The summed E-state index contributed by atoms with van der Waals surface area (Å²) in [6.45, 7) is 2.79. The van der Waals surface area contributed by atoms with Crippen LogP contribution in [0.1, 0.15) is 52.2 Å². The molecule has 154 valence electrons. The van der Waals surface area contributed by atoms with Gasteiger partial charge >= 0.3 is 0 Å². The molecule has 1 saturated heterocycles. The number of amides is 1. The molecular weight excluding hydrogens is 384 g/mol. The molecule has 0 unspecified atom stereocenters. The Morgan fingerprint density at radius 2 is 1.90 bits per heavy atom. The van der Waals surface area contributed by atoms with Crippen LogP contribution < -0.4 is 14.8 Å². The monoisotopic (exact) mass is 412 g/mol. The Labute approximate surface area is 176 Å². The van der Waals surface area contributed by atoms with Crippen molar-refractivity contribution < 1.29 is 14.3 Å². The minimum atomic E-state index is 0.205. The van der Waals surface area contributed by atoms with Gasteiger partial charge in [-0.25, -0.2) is 0 Å². The molecule has 1 aromatic heterocycles. The molecule has 2 aromatic rings. The fourth-order valence-electron chi connectivity index (χ4n) is 4.58. The van der Waals surface area contributed by atoms with Crippen molar-refractivity contribution in [3.8, 4) is 11.5 Å². The maximum atomic E-state index is 13.2. The van der Waals surface area contributed by atoms with E-state index in [1.54, 1.807) is 11.3 Å². The van der Waals surface area contributed by atoms with Crippen molar-refractivity contribution in [2.45, 2.75) is 51.0 Å². The molecule has 1 fully saturated rings. The van der Waals surface area contributed by atoms with Gasteiger partial charge in [0.15, 0.2) is 11.5 Å². The lowest BCUT2D eigenvalue weighted by atomic mass is 10.0. The highest BCUT2D eigenvalue weighted by Crippen LogP contribution is 2.34. The molecule has 29 heavy (non-hydrogen) atoms. The van der Waals surface area contributed by atoms with E-state index in [4.69, 9.17) is 9.47 Å². The number of ether oxygens (including phenoxy) is 2.